The Kier molecular flexibility index (Phi) is 4.69. The lowest BCUT2D eigenvalue weighted by Crippen LogP contribution is -2.10. The van der Waals surface area contributed by atoms with Crippen molar-refractivity contribution < 1.29 is 4.74 Å². The van der Waals surface area contributed by atoms with E-state index in [1.807, 2.05) is 30.3 Å². The number of anilines is 1. The molecular formula is C14H18N4O. The summed E-state index contributed by atoms with van der Waals surface area (Å²) in [5.74, 6) is 1.43. The Balaban J connectivity index is 2.17. The van der Waals surface area contributed by atoms with Gasteiger partial charge in [-0.25, -0.2) is 9.97 Å². The number of rotatable bonds is 6. The highest BCUT2D eigenvalue weighted by molar-refractivity contribution is 5.61. The van der Waals surface area contributed by atoms with Crippen LogP contribution in [0.3, 0.4) is 0 Å². The van der Waals surface area contributed by atoms with Crippen LogP contribution in [-0.4, -0.2) is 30.2 Å². The van der Waals surface area contributed by atoms with E-state index in [0.29, 0.717) is 12.5 Å². The number of nitrogens with zero attached hydrogens (tertiary/aromatic N) is 2. The third kappa shape index (κ3) is 3.66. The molecule has 1 heterocycles. The molecule has 0 saturated heterocycles. The van der Waals surface area contributed by atoms with Gasteiger partial charge in [-0.15, -0.1) is 0 Å². The van der Waals surface area contributed by atoms with Crippen molar-refractivity contribution in [2.75, 3.05) is 25.5 Å². The van der Waals surface area contributed by atoms with Crippen molar-refractivity contribution in [1.82, 2.24) is 9.97 Å². The molecule has 0 unspecified atom stereocenters. The molecule has 2 rings (SSSR count). The number of benzene rings is 1. The van der Waals surface area contributed by atoms with Gasteiger partial charge in [-0.05, 0) is 31.2 Å². The smallest absolute Gasteiger partial charge is 0.223 e. The fraction of sp³-hybridized carbons (Fsp3) is 0.286. The van der Waals surface area contributed by atoms with Gasteiger partial charge in [0.15, 0.2) is 0 Å². The molecule has 0 spiro atoms. The quantitative estimate of drug-likeness (QED) is 0.774. The van der Waals surface area contributed by atoms with Crippen molar-refractivity contribution in [3.8, 4) is 17.0 Å². The Morgan fingerprint density at radius 1 is 1.32 bits per heavy atom. The number of methoxy groups -OCH3 is 1. The van der Waals surface area contributed by atoms with Crippen molar-refractivity contribution in [3.05, 3.63) is 36.5 Å². The van der Waals surface area contributed by atoms with Gasteiger partial charge in [0, 0.05) is 18.3 Å². The Labute approximate surface area is 112 Å². The van der Waals surface area contributed by atoms with Gasteiger partial charge in [0.05, 0.1) is 12.8 Å². The minimum absolute atomic E-state index is 0.619. The Bertz CT molecular complexity index is 530. The second kappa shape index (κ2) is 6.70. The van der Waals surface area contributed by atoms with Gasteiger partial charge in [0.2, 0.25) is 5.95 Å². The van der Waals surface area contributed by atoms with Crippen molar-refractivity contribution >= 4 is 5.95 Å². The number of nitrogens with one attached hydrogen (secondary N) is 1. The van der Waals surface area contributed by atoms with E-state index in [-0.39, 0.29) is 0 Å². The molecule has 1 aromatic heterocycles. The summed E-state index contributed by atoms with van der Waals surface area (Å²) < 4.78 is 5.21. The van der Waals surface area contributed by atoms with Gasteiger partial charge >= 0.3 is 0 Å². The summed E-state index contributed by atoms with van der Waals surface area (Å²) in [6.07, 6.45) is 2.64. The number of hydrogen-bond donors (Lipinski definition) is 2. The predicted molar refractivity (Wildman–Crippen MR) is 76.2 cm³/mol. The Hall–Kier alpha value is -2.14. The zero-order valence-electron chi connectivity index (χ0n) is 11.0. The molecule has 0 aliphatic heterocycles. The summed E-state index contributed by atoms with van der Waals surface area (Å²) >= 11 is 0. The number of nitrogens with two attached hydrogens (primary N) is 1. The first-order valence-electron chi connectivity index (χ1n) is 6.25. The van der Waals surface area contributed by atoms with E-state index in [9.17, 15) is 0 Å². The molecular weight excluding hydrogens is 240 g/mol. The van der Waals surface area contributed by atoms with Crippen molar-refractivity contribution in [1.29, 1.82) is 0 Å². The maximum absolute atomic E-state index is 5.45. The van der Waals surface area contributed by atoms with Crippen LogP contribution in [0.1, 0.15) is 6.42 Å². The van der Waals surface area contributed by atoms with Crippen LogP contribution in [-0.2, 0) is 0 Å². The molecule has 0 fully saturated rings. The molecule has 19 heavy (non-hydrogen) atoms. The van der Waals surface area contributed by atoms with E-state index in [1.54, 1.807) is 13.3 Å². The van der Waals surface area contributed by atoms with Crippen LogP contribution in [0.15, 0.2) is 36.5 Å². The van der Waals surface area contributed by atoms with Crippen LogP contribution in [0.4, 0.5) is 5.95 Å². The second-order valence-electron chi connectivity index (χ2n) is 4.07. The van der Waals surface area contributed by atoms with Gasteiger partial charge in [-0.3, -0.25) is 0 Å². The first-order chi connectivity index (χ1) is 9.33. The van der Waals surface area contributed by atoms with E-state index in [4.69, 9.17) is 10.5 Å². The summed E-state index contributed by atoms with van der Waals surface area (Å²) in [5, 5.41) is 3.15. The van der Waals surface area contributed by atoms with Crippen molar-refractivity contribution in [3.63, 3.8) is 0 Å². The number of hydrogen-bond acceptors (Lipinski definition) is 5. The molecule has 0 bridgehead atoms. The van der Waals surface area contributed by atoms with E-state index in [1.165, 1.54) is 0 Å². The average molecular weight is 258 g/mol. The summed E-state index contributed by atoms with van der Waals surface area (Å²) in [6, 6.07) is 9.67. The van der Waals surface area contributed by atoms with Crippen LogP contribution in [0.25, 0.3) is 11.3 Å². The van der Waals surface area contributed by atoms with Gasteiger partial charge in [-0.1, -0.05) is 12.1 Å². The topological polar surface area (TPSA) is 73.1 Å². The summed E-state index contributed by atoms with van der Waals surface area (Å²) in [7, 11) is 1.65. The molecule has 0 radical (unpaired) electrons. The van der Waals surface area contributed by atoms with Crippen molar-refractivity contribution in [2.45, 2.75) is 6.42 Å². The Morgan fingerprint density at radius 2 is 2.21 bits per heavy atom. The van der Waals surface area contributed by atoms with E-state index in [2.05, 4.69) is 15.3 Å². The fourth-order valence-corrected chi connectivity index (χ4v) is 1.69. The normalized spacial score (nSPS) is 10.2. The highest BCUT2D eigenvalue weighted by Gasteiger charge is 2.03. The largest absolute Gasteiger partial charge is 0.497 e. The highest BCUT2D eigenvalue weighted by atomic mass is 16.5. The summed E-state index contributed by atoms with van der Waals surface area (Å²) in [5.41, 5.74) is 7.32. The minimum atomic E-state index is 0.619. The molecule has 0 aliphatic carbocycles. The van der Waals surface area contributed by atoms with Crippen LogP contribution in [0.2, 0.25) is 0 Å². The molecule has 100 valence electrons. The van der Waals surface area contributed by atoms with Crippen LogP contribution in [0.5, 0.6) is 5.75 Å². The van der Waals surface area contributed by atoms with E-state index in [0.717, 1.165) is 30.0 Å². The Morgan fingerprint density at radius 3 is 3.00 bits per heavy atom. The van der Waals surface area contributed by atoms with Gasteiger partial charge in [0.25, 0.3) is 0 Å². The molecule has 2 aromatic rings. The zero-order valence-corrected chi connectivity index (χ0v) is 11.0. The first-order valence-corrected chi connectivity index (χ1v) is 6.25. The lowest BCUT2D eigenvalue weighted by Gasteiger charge is -2.07. The van der Waals surface area contributed by atoms with Crippen LogP contribution < -0.4 is 15.8 Å². The first kappa shape index (κ1) is 13.3. The van der Waals surface area contributed by atoms with E-state index >= 15 is 0 Å². The highest BCUT2D eigenvalue weighted by Crippen LogP contribution is 2.22. The molecule has 1 aromatic carbocycles. The lowest BCUT2D eigenvalue weighted by molar-refractivity contribution is 0.415. The van der Waals surface area contributed by atoms with Gasteiger partial charge in [-0.2, -0.15) is 0 Å². The molecule has 0 atom stereocenters. The standard InChI is InChI=1S/C14H18N4O/c1-19-12-5-2-4-11(10-12)13-6-9-17-14(18-13)16-8-3-7-15/h2,4-6,9-10H,3,7-8,15H2,1H3,(H,16,17,18). The number of ether oxygens (including phenoxy) is 1. The molecule has 0 aliphatic rings. The maximum atomic E-state index is 5.45. The molecule has 0 saturated carbocycles. The van der Waals surface area contributed by atoms with Crippen LogP contribution in [0, 0.1) is 0 Å². The SMILES string of the molecule is COc1cccc(-c2ccnc(NCCCN)n2)c1. The zero-order chi connectivity index (χ0) is 13.5. The third-order valence-corrected chi connectivity index (χ3v) is 2.69. The lowest BCUT2D eigenvalue weighted by atomic mass is 10.1. The van der Waals surface area contributed by atoms with Crippen LogP contribution >= 0.6 is 0 Å². The molecule has 0 amide bonds. The van der Waals surface area contributed by atoms with E-state index < -0.39 is 0 Å². The number of aromatic nitrogens is 2. The average Bonchev–Trinajstić information content (AvgIpc) is 2.48. The molecule has 3 N–H and O–H groups in total. The predicted octanol–water partition coefficient (Wildman–Crippen LogP) is 1.91. The monoisotopic (exact) mass is 258 g/mol. The second-order valence-corrected chi connectivity index (χ2v) is 4.07. The van der Waals surface area contributed by atoms with Crippen molar-refractivity contribution in [2.24, 2.45) is 5.73 Å². The molecule has 5 nitrogen and oxygen atoms in total. The summed E-state index contributed by atoms with van der Waals surface area (Å²) in [6.45, 7) is 1.43. The van der Waals surface area contributed by atoms with Gasteiger partial charge in [0.1, 0.15) is 5.75 Å². The molecule has 5 heteroatoms. The maximum Gasteiger partial charge on any atom is 0.223 e. The van der Waals surface area contributed by atoms with Gasteiger partial charge < -0.3 is 15.8 Å². The third-order valence-electron chi connectivity index (χ3n) is 2.69. The minimum Gasteiger partial charge on any atom is -0.497 e. The fourth-order valence-electron chi connectivity index (χ4n) is 1.69. The summed E-state index contributed by atoms with van der Waals surface area (Å²) in [4.78, 5) is 8.66.